The van der Waals surface area contributed by atoms with Crippen molar-refractivity contribution in [3.05, 3.63) is 196 Å². The highest BCUT2D eigenvalue weighted by atomic mass is 32.1. The standard InChI is InChI=1S/C51H35NS/c1-30-10-7-12-34(28-30)52(35-13-8-11-31(2)29-35)45-19-9-16-38-39-25-27-44-48(50(39)53-49(38)45)40-24-22-32-20-21-33-23-26-43(47(40)46(32)33)51(44)41-17-5-3-14-36(41)37-15-4-6-18-42(37)51/h3-19,22-29H,20-21H2,1-2H3. The average Bonchev–Trinajstić information content (AvgIpc) is 3.87. The summed E-state index contributed by atoms with van der Waals surface area (Å²) >= 11 is 1.97. The molecule has 0 saturated carbocycles. The molecule has 0 bridgehead atoms. The zero-order valence-corrected chi connectivity index (χ0v) is 30.5. The lowest BCUT2D eigenvalue weighted by Crippen LogP contribution is -2.32. The normalized spacial score (nSPS) is 14.2. The third kappa shape index (κ3) is 3.76. The maximum atomic E-state index is 2.49. The molecule has 250 valence electrons. The lowest BCUT2D eigenvalue weighted by molar-refractivity contribution is 0.775. The van der Waals surface area contributed by atoms with Crippen LogP contribution >= 0.6 is 11.3 Å². The van der Waals surface area contributed by atoms with E-state index in [0.29, 0.717) is 0 Å². The van der Waals surface area contributed by atoms with Gasteiger partial charge in [-0.25, -0.2) is 0 Å². The molecule has 1 aromatic heterocycles. The van der Waals surface area contributed by atoms with Gasteiger partial charge >= 0.3 is 0 Å². The highest BCUT2D eigenvalue weighted by molar-refractivity contribution is 7.27. The van der Waals surface area contributed by atoms with Crippen LogP contribution < -0.4 is 4.90 Å². The Morgan fingerprint density at radius 3 is 1.75 bits per heavy atom. The number of anilines is 3. The van der Waals surface area contributed by atoms with Crippen molar-refractivity contribution in [1.82, 2.24) is 0 Å². The van der Waals surface area contributed by atoms with Crippen molar-refractivity contribution >= 4 is 59.3 Å². The Morgan fingerprint density at radius 2 is 1.08 bits per heavy atom. The molecular formula is C51H35NS. The summed E-state index contributed by atoms with van der Waals surface area (Å²) in [6.45, 7) is 4.37. The maximum Gasteiger partial charge on any atom is 0.0726 e. The summed E-state index contributed by atoms with van der Waals surface area (Å²) in [5.74, 6) is 0. The van der Waals surface area contributed by atoms with E-state index in [0.717, 1.165) is 12.8 Å². The third-order valence-electron chi connectivity index (χ3n) is 12.4. The number of thiophene rings is 1. The number of hydrogen-bond acceptors (Lipinski definition) is 2. The molecule has 0 atom stereocenters. The Morgan fingerprint density at radius 1 is 0.472 bits per heavy atom. The zero-order chi connectivity index (χ0) is 35.0. The van der Waals surface area contributed by atoms with Crippen molar-refractivity contribution in [2.75, 3.05) is 4.90 Å². The van der Waals surface area contributed by atoms with Gasteiger partial charge in [-0.3, -0.25) is 0 Å². The number of aryl methyl sites for hydroxylation is 4. The first kappa shape index (κ1) is 29.6. The fourth-order valence-electron chi connectivity index (χ4n) is 10.4. The van der Waals surface area contributed by atoms with Crippen molar-refractivity contribution in [2.45, 2.75) is 32.1 Å². The second-order valence-electron chi connectivity index (χ2n) is 15.3. The van der Waals surface area contributed by atoms with Crippen molar-refractivity contribution < 1.29 is 0 Å². The van der Waals surface area contributed by atoms with E-state index in [1.165, 1.54) is 115 Å². The number of fused-ring (bicyclic) bond motifs is 13. The maximum absolute atomic E-state index is 2.49. The lowest BCUT2D eigenvalue weighted by Gasteiger charge is -2.40. The van der Waals surface area contributed by atoms with Gasteiger partial charge < -0.3 is 4.90 Å². The number of rotatable bonds is 3. The van der Waals surface area contributed by atoms with E-state index in [4.69, 9.17) is 0 Å². The SMILES string of the molecule is Cc1cccc(N(c2cccc(C)c2)c2cccc3c2sc2c4c(ccc23)C2(c3ccccc3-c3ccccc32)c2ccc3c5c(ccc-4c25)CC3)c1. The Balaban J connectivity index is 1.23. The minimum atomic E-state index is -0.405. The molecule has 2 heteroatoms. The van der Waals surface area contributed by atoms with Crippen LogP contribution in [-0.2, 0) is 18.3 Å². The third-order valence-corrected chi connectivity index (χ3v) is 13.7. The van der Waals surface area contributed by atoms with E-state index in [-0.39, 0.29) is 0 Å². The average molecular weight is 694 g/mol. The first-order chi connectivity index (χ1) is 26.1. The van der Waals surface area contributed by atoms with Crippen LogP contribution in [0.5, 0.6) is 0 Å². The van der Waals surface area contributed by atoms with Crippen molar-refractivity contribution in [3.8, 4) is 22.3 Å². The summed E-state index contributed by atoms with van der Waals surface area (Å²) in [7, 11) is 0. The smallest absolute Gasteiger partial charge is 0.0726 e. The number of nitrogens with zero attached hydrogens (tertiary/aromatic N) is 1. The van der Waals surface area contributed by atoms with Crippen LogP contribution in [0.15, 0.2) is 152 Å². The molecule has 0 aliphatic heterocycles. The van der Waals surface area contributed by atoms with Gasteiger partial charge in [0.05, 0.1) is 15.8 Å². The summed E-state index contributed by atoms with van der Waals surface area (Å²) < 4.78 is 2.70. The molecule has 3 aliphatic rings. The summed E-state index contributed by atoms with van der Waals surface area (Å²) in [6.07, 6.45) is 2.24. The molecule has 9 aromatic rings. The molecule has 8 aromatic carbocycles. The molecule has 0 fully saturated rings. The Labute approximate surface area is 313 Å². The van der Waals surface area contributed by atoms with Crippen molar-refractivity contribution in [2.24, 2.45) is 0 Å². The molecule has 3 aliphatic carbocycles. The molecule has 0 amide bonds. The van der Waals surface area contributed by atoms with Gasteiger partial charge in [-0.15, -0.1) is 11.3 Å². The monoisotopic (exact) mass is 693 g/mol. The molecule has 0 radical (unpaired) electrons. The van der Waals surface area contributed by atoms with Crippen LogP contribution in [0.2, 0.25) is 0 Å². The summed E-state index contributed by atoms with van der Waals surface area (Å²) in [6, 6.07) is 57.9. The molecule has 0 saturated heterocycles. The van der Waals surface area contributed by atoms with E-state index in [1.807, 2.05) is 11.3 Å². The fraction of sp³-hybridized carbons (Fsp3) is 0.0980. The zero-order valence-electron chi connectivity index (χ0n) is 29.7. The van der Waals surface area contributed by atoms with E-state index in [9.17, 15) is 0 Å². The van der Waals surface area contributed by atoms with Gasteiger partial charge in [-0.1, -0.05) is 121 Å². The first-order valence-corrected chi connectivity index (χ1v) is 19.6. The summed E-state index contributed by atoms with van der Waals surface area (Å²) in [5, 5.41) is 5.60. The minimum absolute atomic E-state index is 0.405. The molecule has 1 spiro atoms. The van der Waals surface area contributed by atoms with E-state index in [2.05, 4.69) is 170 Å². The molecule has 12 rings (SSSR count). The highest BCUT2D eigenvalue weighted by Crippen LogP contribution is 2.64. The van der Waals surface area contributed by atoms with E-state index in [1.54, 1.807) is 0 Å². The Hall–Kier alpha value is -5.96. The molecule has 53 heavy (non-hydrogen) atoms. The largest absolute Gasteiger partial charge is 0.309 e. The second kappa shape index (κ2) is 10.6. The first-order valence-electron chi connectivity index (χ1n) is 18.8. The van der Waals surface area contributed by atoms with E-state index >= 15 is 0 Å². The van der Waals surface area contributed by atoms with E-state index < -0.39 is 5.41 Å². The molecular weight excluding hydrogens is 659 g/mol. The highest BCUT2D eigenvalue weighted by Gasteiger charge is 2.51. The van der Waals surface area contributed by atoms with Crippen LogP contribution in [0.3, 0.4) is 0 Å². The second-order valence-corrected chi connectivity index (χ2v) is 16.3. The predicted molar refractivity (Wildman–Crippen MR) is 225 cm³/mol. The van der Waals surface area contributed by atoms with Gasteiger partial charge in [0.1, 0.15) is 0 Å². The predicted octanol–water partition coefficient (Wildman–Crippen LogP) is 13.7. The van der Waals surface area contributed by atoms with Gasteiger partial charge in [0, 0.05) is 32.4 Å². The molecule has 1 nitrogen and oxygen atoms in total. The number of hydrogen-bond donors (Lipinski definition) is 0. The van der Waals surface area contributed by atoms with Crippen LogP contribution in [0.1, 0.15) is 44.5 Å². The summed E-state index contributed by atoms with van der Waals surface area (Å²) in [5.41, 5.74) is 19.8. The quantitative estimate of drug-likeness (QED) is 0.178. The van der Waals surface area contributed by atoms with Crippen LogP contribution in [0.4, 0.5) is 17.1 Å². The van der Waals surface area contributed by atoms with Gasteiger partial charge in [0.2, 0.25) is 0 Å². The Kier molecular flexibility index (Phi) is 5.90. The van der Waals surface area contributed by atoms with Crippen LogP contribution in [-0.4, -0.2) is 0 Å². The van der Waals surface area contributed by atoms with Crippen LogP contribution in [0.25, 0.3) is 53.2 Å². The minimum Gasteiger partial charge on any atom is -0.309 e. The lowest BCUT2D eigenvalue weighted by atomic mass is 9.61. The van der Waals surface area contributed by atoms with Gasteiger partial charge in [-0.2, -0.15) is 0 Å². The van der Waals surface area contributed by atoms with Crippen LogP contribution in [0, 0.1) is 13.8 Å². The molecule has 0 unspecified atom stereocenters. The van der Waals surface area contributed by atoms with Crippen molar-refractivity contribution in [3.63, 3.8) is 0 Å². The van der Waals surface area contributed by atoms with Gasteiger partial charge in [0.25, 0.3) is 0 Å². The van der Waals surface area contributed by atoms with Gasteiger partial charge in [-0.05, 0) is 129 Å². The topological polar surface area (TPSA) is 3.24 Å². The summed E-state index contributed by atoms with van der Waals surface area (Å²) in [4.78, 5) is 2.46. The van der Waals surface area contributed by atoms with Gasteiger partial charge in [0.15, 0.2) is 0 Å². The fourth-order valence-corrected chi connectivity index (χ4v) is 11.7. The van der Waals surface area contributed by atoms with Crippen molar-refractivity contribution in [1.29, 1.82) is 0 Å². The number of benzene rings is 8. The Bertz CT molecular complexity index is 2950. The molecule has 1 heterocycles. The molecule has 0 N–H and O–H groups in total.